The normalized spacial score (nSPS) is 21.5. The summed E-state index contributed by atoms with van der Waals surface area (Å²) in [5.41, 5.74) is 0.217. The van der Waals surface area contributed by atoms with Gasteiger partial charge in [0.2, 0.25) is 0 Å². The minimum atomic E-state index is -0.784. The maximum atomic E-state index is 11.0. The van der Waals surface area contributed by atoms with Crippen molar-refractivity contribution in [3.05, 3.63) is 44.9 Å². The summed E-state index contributed by atoms with van der Waals surface area (Å²) in [5.74, 6) is 0.815. The molecule has 1 unspecified atom stereocenters. The maximum Gasteiger partial charge on any atom is 0.125 e. The van der Waals surface area contributed by atoms with Crippen LogP contribution in [0.3, 0.4) is 0 Å². The third kappa shape index (κ3) is 4.28. The number of nitrogens with one attached hydrogen (secondary N) is 1. The van der Waals surface area contributed by atoms with E-state index in [1.165, 1.54) is 4.88 Å². The average Bonchev–Trinajstić information content (AvgIpc) is 2.79. The first-order chi connectivity index (χ1) is 11.6. The van der Waals surface area contributed by atoms with Crippen LogP contribution in [0.1, 0.15) is 34.8 Å². The van der Waals surface area contributed by atoms with Gasteiger partial charge in [0, 0.05) is 16.3 Å². The van der Waals surface area contributed by atoms with Crippen LogP contribution in [-0.2, 0) is 12.0 Å². The van der Waals surface area contributed by atoms with Gasteiger partial charge in [0.15, 0.2) is 0 Å². The van der Waals surface area contributed by atoms with E-state index in [4.69, 9.17) is 16.3 Å². The maximum absolute atomic E-state index is 11.0. The molecule has 1 aliphatic heterocycles. The largest absolute Gasteiger partial charge is 0.493 e. The molecule has 2 N–H and O–H groups in total. The smallest absolute Gasteiger partial charge is 0.125 e. The summed E-state index contributed by atoms with van der Waals surface area (Å²) in [6.45, 7) is 4.40. The zero-order chi connectivity index (χ0) is 17.0. The highest BCUT2D eigenvalue weighted by atomic mass is 35.5. The molecule has 0 radical (unpaired) electrons. The number of aliphatic hydroxyl groups is 1. The van der Waals surface area contributed by atoms with Gasteiger partial charge in [0.25, 0.3) is 0 Å². The number of benzene rings is 1. The SMILES string of the molecule is Cc1nc(C2(O)CCCNCC2)sc1CCOc1ccc(Cl)cc1. The van der Waals surface area contributed by atoms with Crippen LogP contribution in [0, 0.1) is 6.92 Å². The fourth-order valence-corrected chi connectivity index (χ4v) is 4.23. The molecular formula is C18H23ClN2O2S. The molecule has 6 heteroatoms. The summed E-state index contributed by atoms with van der Waals surface area (Å²) in [4.78, 5) is 5.84. The molecule has 0 aliphatic carbocycles. The van der Waals surface area contributed by atoms with Gasteiger partial charge in [-0.05, 0) is 63.5 Å². The Morgan fingerprint density at radius 2 is 2.08 bits per heavy atom. The summed E-state index contributed by atoms with van der Waals surface area (Å²) in [6.07, 6.45) is 3.26. The minimum absolute atomic E-state index is 0.587. The van der Waals surface area contributed by atoms with Gasteiger partial charge < -0.3 is 15.2 Å². The number of thiazole rings is 1. The molecule has 1 atom stereocenters. The molecule has 1 aromatic heterocycles. The Labute approximate surface area is 151 Å². The number of hydrogen-bond donors (Lipinski definition) is 2. The van der Waals surface area contributed by atoms with Gasteiger partial charge in [-0.2, -0.15) is 0 Å². The monoisotopic (exact) mass is 366 g/mol. The van der Waals surface area contributed by atoms with Crippen LogP contribution >= 0.6 is 22.9 Å². The van der Waals surface area contributed by atoms with Gasteiger partial charge in [-0.15, -0.1) is 11.3 Å². The van der Waals surface area contributed by atoms with E-state index in [-0.39, 0.29) is 0 Å². The standard InChI is InChI=1S/C18H23ClN2O2S/c1-13-16(7-12-23-15-5-3-14(19)4-6-15)24-17(21-13)18(22)8-2-10-20-11-9-18/h3-6,20,22H,2,7-12H2,1H3. The highest BCUT2D eigenvalue weighted by molar-refractivity contribution is 7.11. The molecule has 0 spiro atoms. The molecule has 130 valence electrons. The molecule has 1 saturated heterocycles. The quantitative estimate of drug-likeness (QED) is 0.847. The Kier molecular flexibility index (Phi) is 5.76. The van der Waals surface area contributed by atoms with Crippen molar-refractivity contribution in [1.29, 1.82) is 0 Å². The van der Waals surface area contributed by atoms with Gasteiger partial charge in [0.05, 0.1) is 12.3 Å². The second-order valence-corrected chi connectivity index (χ2v) is 7.74. The number of nitrogens with zero attached hydrogens (tertiary/aromatic N) is 1. The molecule has 2 heterocycles. The number of hydrogen-bond acceptors (Lipinski definition) is 5. The number of aryl methyl sites for hydroxylation is 1. The Morgan fingerprint density at radius 1 is 1.29 bits per heavy atom. The molecule has 0 amide bonds. The van der Waals surface area contributed by atoms with Crippen molar-refractivity contribution in [2.45, 2.75) is 38.2 Å². The number of aromatic nitrogens is 1. The van der Waals surface area contributed by atoms with E-state index in [2.05, 4.69) is 10.3 Å². The number of halogens is 1. The Morgan fingerprint density at radius 3 is 2.88 bits per heavy atom. The fourth-order valence-electron chi connectivity index (χ4n) is 2.92. The summed E-state index contributed by atoms with van der Waals surface area (Å²) in [7, 11) is 0. The van der Waals surface area contributed by atoms with Gasteiger partial charge in [-0.25, -0.2) is 4.98 Å². The van der Waals surface area contributed by atoms with E-state index in [1.807, 2.05) is 31.2 Å². The first-order valence-electron chi connectivity index (χ1n) is 8.35. The lowest BCUT2D eigenvalue weighted by Crippen LogP contribution is -2.27. The molecular weight excluding hydrogens is 344 g/mol. The van der Waals surface area contributed by atoms with Gasteiger partial charge in [-0.3, -0.25) is 0 Å². The Balaban J connectivity index is 1.62. The van der Waals surface area contributed by atoms with Crippen LogP contribution in [0.25, 0.3) is 0 Å². The van der Waals surface area contributed by atoms with Crippen LogP contribution in [0.2, 0.25) is 5.02 Å². The Hall–Kier alpha value is -1.14. The molecule has 1 fully saturated rings. The van der Waals surface area contributed by atoms with Crippen LogP contribution in [0.5, 0.6) is 5.75 Å². The minimum Gasteiger partial charge on any atom is -0.493 e. The van der Waals surface area contributed by atoms with Crippen LogP contribution in [0.4, 0.5) is 0 Å². The Bertz CT molecular complexity index is 664. The van der Waals surface area contributed by atoms with Crippen molar-refractivity contribution in [3.8, 4) is 5.75 Å². The van der Waals surface area contributed by atoms with E-state index < -0.39 is 5.60 Å². The molecule has 1 aromatic carbocycles. The lowest BCUT2D eigenvalue weighted by Gasteiger charge is -2.23. The summed E-state index contributed by atoms with van der Waals surface area (Å²) in [5, 5.41) is 15.8. The van der Waals surface area contributed by atoms with Gasteiger partial charge in [0.1, 0.15) is 16.4 Å². The summed E-state index contributed by atoms with van der Waals surface area (Å²) < 4.78 is 5.77. The second-order valence-electron chi connectivity index (χ2n) is 6.22. The third-order valence-electron chi connectivity index (χ3n) is 4.36. The molecule has 0 bridgehead atoms. The lowest BCUT2D eigenvalue weighted by molar-refractivity contribution is 0.0237. The van der Waals surface area contributed by atoms with Crippen molar-refractivity contribution < 1.29 is 9.84 Å². The van der Waals surface area contributed by atoms with Crippen molar-refractivity contribution >= 4 is 22.9 Å². The summed E-state index contributed by atoms with van der Waals surface area (Å²) in [6, 6.07) is 7.38. The zero-order valence-electron chi connectivity index (χ0n) is 13.8. The molecule has 1 aliphatic rings. The zero-order valence-corrected chi connectivity index (χ0v) is 15.4. The molecule has 2 aromatic rings. The average molecular weight is 367 g/mol. The molecule has 24 heavy (non-hydrogen) atoms. The van der Waals surface area contributed by atoms with Crippen LogP contribution in [0.15, 0.2) is 24.3 Å². The molecule has 0 saturated carbocycles. The van der Waals surface area contributed by atoms with Gasteiger partial charge in [-0.1, -0.05) is 11.6 Å². The third-order valence-corrected chi connectivity index (χ3v) is 6.02. The second kappa shape index (κ2) is 7.83. The number of ether oxygens (including phenoxy) is 1. The van der Waals surface area contributed by atoms with E-state index in [0.717, 1.165) is 55.2 Å². The first-order valence-corrected chi connectivity index (χ1v) is 9.54. The number of rotatable bonds is 5. The topological polar surface area (TPSA) is 54.4 Å². The van der Waals surface area contributed by atoms with E-state index in [1.54, 1.807) is 11.3 Å². The van der Waals surface area contributed by atoms with Gasteiger partial charge >= 0.3 is 0 Å². The van der Waals surface area contributed by atoms with E-state index in [0.29, 0.717) is 11.6 Å². The highest BCUT2D eigenvalue weighted by Gasteiger charge is 2.33. The van der Waals surface area contributed by atoms with Crippen LogP contribution < -0.4 is 10.1 Å². The van der Waals surface area contributed by atoms with E-state index >= 15 is 0 Å². The molecule has 3 rings (SSSR count). The van der Waals surface area contributed by atoms with Crippen molar-refractivity contribution in [2.24, 2.45) is 0 Å². The lowest BCUT2D eigenvalue weighted by atomic mass is 9.96. The van der Waals surface area contributed by atoms with Crippen molar-refractivity contribution in [2.75, 3.05) is 19.7 Å². The molecule has 4 nitrogen and oxygen atoms in total. The predicted octanol–water partition coefficient (Wildman–Crippen LogP) is 3.69. The fraction of sp³-hybridized carbons (Fsp3) is 0.500. The summed E-state index contributed by atoms with van der Waals surface area (Å²) >= 11 is 7.50. The van der Waals surface area contributed by atoms with Crippen LogP contribution in [-0.4, -0.2) is 29.8 Å². The van der Waals surface area contributed by atoms with Crippen molar-refractivity contribution in [1.82, 2.24) is 10.3 Å². The van der Waals surface area contributed by atoms with Crippen molar-refractivity contribution in [3.63, 3.8) is 0 Å². The first kappa shape index (κ1) is 17.7. The highest BCUT2D eigenvalue weighted by Crippen LogP contribution is 2.35. The predicted molar refractivity (Wildman–Crippen MR) is 98.1 cm³/mol. The van der Waals surface area contributed by atoms with E-state index in [9.17, 15) is 5.11 Å².